The fourth-order valence-corrected chi connectivity index (χ4v) is 1.47. The van der Waals surface area contributed by atoms with Crippen molar-refractivity contribution in [2.75, 3.05) is 38.3 Å². The van der Waals surface area contributed by atoms with Gasteiger partial charge < -0.3 is 15.5 Å². The molecule has 0 aliphatic rings. The largest absolute Gasteiger partial charge is 0.373 e. The number of likely N-dealkylation sites (N-methyl/N-ethyl adjacent to an activating group) is 1. The van der Waals surface area contributed by atoms with Gasteiger partial charge in [-0.3, -0.25) is 0 Å². The number of nitrogens with zero attached hydrogens (tertiary/aromatic N) is 3. The SMILES string of the molecule is CNc1nc(C)nc(NCC(C)N(C)C)c1C. The maximum atomic E-state index is 4.43. The third kappa shape index (κ3) is 3.56. The molecule has 1 atom stereocenters. The molecule has 17 heavy (non-hydrogen) atoms. The van der Waals surface area contributed by atoms with E-state index in [0.717, 1.165) is 29.6 Å². The summed E-state index contributed by atoms with van der Waals surface area (Å²) in [6.07, 6.45) is 0. The second-order valence-corrected chi connectivity index (χ2v) is 4.54. The first kappa shape index (κ1) is 13.7. The van der Waals surface area contributed by atoms with Crippen LogP contribution in [0.4, 0.5) is 11.6 Å². The van der Waals surface area contributed by atoms with Crippen LogP contribution in [-0.4, -0.2) is 48.6 Å². The summed E-state index contributed by atoms with van der Waals surface area (Å²) in [7, 11) is 6.02. The number of hydrogen-bond acceptors (Lipinski definition) is 5. The van der Waals surface area contributed by atoms with E-state index in [-0.39, 0.29) is 0 Å². The lowest BCUT2D eigenvalue weighted by Crippen LogP contribution is -2.32. The highest BCUT2D eigenvalue weighted by molar-refractivity contribution is 5.56. The lowest BCUT2D eigenvalue weighted by atomic mass is 10.2. The van der Waals surface area contributed by atoms with Crippen LogP contribution in [0.3, 0.4) is 0 Å². The van der Waals surface area contributed by atoms with E-state index in [9.17, 15) is 0 Å². The third-order valence-corrected chi connectivity index (χ3v) is 2.94. The van der Waals surface area contributed by atoms with Crippen molar-refractivity contribution in [2.45, 2.75) is 26.8 Å². The van der Waals surface area contributed by atoms with Crippen molar-refractivity contribution in [3.63, 3.8) is 0 Å². The maximum absolute atomic E-state index is 4.43. The number of rotatable bonds is 5. The van der Waals surface area contributed by atoms with E-state index in [1.54, 1.807) is 0 Å². The molecule has 1 aromatic rings. The molecule has 2 N–H and O–H groups in total. The summed E-state index contributed by atoms with van der Waals surface area (Å²) >= 11 is 0. The first-order valence-electron chi connectivity index (χ1n) is 5.89. The molecule has 0 saturated heterocycles. The first-order valence-corrected chi connectivity index (χ1v) is 5.89. The predicted molar refractivity (Wildman–Crippen MR) is 72.7 cm³/mol. The van der Waals surface area contributed by atoms with Crippen molar-refractivity contribution in [3.05, 3.63) is 11.4 Å². The van der Waals surface area contributed by atoms with Gasteiger partial charge in [-0.25, -0.2) is 9.97 Å². The summed E-state index contributed by atoms with van der Waals surface area (Å²) in [6, 6.07) is 0.461. The van der Waals surface area contributed by atoms with Gasteiger partial charge >= 0.3 is 0 Å². The van der Waals surface area contributed by atoms with E-state index in [0.29, 0.717) is 6.04 Å². The van der Waals surface area contributed by atoms with Gasteiger partial charge in [0.1, 0.15) is 17.5 Å². The Morgan fingerprint density at radius 3 is 2.29 bits per heavy atom. The van der Waals surface area contributed by atoms with Gasteiger partial charge in [-0.2, -0.15) is 0 Å². The Morgan fingerprint density at radius 2 is 1.76 bits per heavy atom. The molecule has 0 aliphatic heterocycles. The Balaban J connectivity index is 2.80. The van der Waals surface area contributed by atoms with Crippen molar-refractivity contribution in [3.8, 4) is 0 Å². The molecule has 1 heterocycles. The summed E-state index contributed by atoms with van der Waals surface area (Å²) in [5, 5.41) is 6.46. The standard InChI is InChI=1S/C12H23N5/c1-8(17(5)6)7-14-12-9(2)11(13-4)15-10(3)16-12/h8H,7H2,1-6H3,(H2,13,14,15,16). The number of hydrogen-bond donors (Lipinski definition) is 2. The molecule has 5 nitrogen and oxygen atoms in total. The minimum Gasteiger partial charge on any atom is -0.373 e. The highest BCUT2D eigenvalue weighted by Crippen LogP contribution is 2.19. The van der Waals surface area contributed by atoms with Crippen LogP contribution in [0.1, 0.15) is 18.3 Å². The van der Waals surface area contributed by atoms with Crippen LogP contribution in [0.2, 0.25) is 0 Å². The third-order valence-electron chi connectivity index (χ3n) is 2.94. The van der Waals surface area contributed by atoms with Crippen LogP contribution in [-0.2, 0) is 0 Å². The van der Waals surface area contributed by atoms with Gasteiger partial charge in [-0.1, -0.05) is 0 Å². The summed E-state index contributed by atoms with van der Waals surface area (Å²) in [4.78, 5) is 10.9. The summed E-state index contributed by atoms with van der Waals surface area (Å²) < 4.78 is 0. The molecule has 5 heteroatoms. The number of nitrogens with one attached hydrogen (secondary N) is 2. The minimum atomic E-state index is 0.461. The predicted octanol–water partition coefficient (Wildman–Crippen LogP) is 1.50. The Kier molecular flexibility index (Phi) is 4.69. The zero-order valence-corrected chi connectivity index (χ0v) is 11.6. The Labute approximate surface area is 104 Å². The fraction of sp³-hybridized carbons (Fsp3) is 0.667. The number of aromatic nitrogens is 2. The van der Waals surface area contributed by atoms with E-state index in [4.69, 9.17) is 0 Å². The lowest BCUT2D eigenvalue weighted by molar-refractivity contribution is 0.326. The molecule has 0 aliphatic carbocycles. The first-order chi connectivity index (χ1) is 7.95. The second kappa shape index (κ2) is 5.82. The van der Waals surface area contributed by atoms with Gasteiger partial charge in [0.25, 0.3) is 0 Å². The minimum absolute atomic E-state index is 0.461. The van der Waals surface area contributed by atoms with Gasteiger partial charge in [-0.05, 0) is 34.9 Å². The molecule has 0 aromatic carbocycles. The summed E-state index contributed by atoms with van der Waals surface area (Å²) in [6.45, 7) is 6.97. The van der Waals surface area contributed by atoms with E-state index in [1.165, 1.54) is 0 Å². The smallest absolute Gasteiger partial charge is 0.134 e. The Hall–Kier alpha value is -1.36. The molecular formula is C12H23N5. The van der Waals surface area contributed by atoms with E-state index >= 15 is 0 Å². The molecule has 0 saturated carbocycles. The van der Waals surface area contributed by atoms with Crippen LogP contribution >= 0.6 is 0 Å². The molecule has 1 aromatic heterocycles. The monoisotopic (exact) mass is 237 g/mol. The molecule has 0 radical (unpaired) electrons. The number of anilines is 2. The molecule has 96 valence electrons. The van der Waals surface area contributed by atoms with E-state index < -0.39 is 0 Å². The molecule has 0 bridgehead atoms. The highest BCUT2D eigenvalue weighted by Gasteiger charge is 2.09. The van der Waals surface area contributed by atoms with Crippen molar-refractivity contribution in [2.24, 2.45) is 0 Å². The van der Waals surface area contributed by atoms with Crippen LogP contribution < -0.4 is 10.6 Å². The highest BCUT2D eigenvalue weighted by atomic mass is 15.1. The molecule has 1 unspecified atom stereocenters. The van der Waals surface area contributed by atoms with E-state index in [1.807, 2.05) is 20.9 Å². The number of aryl methyl sites for hydroxylation is 1. The van der Waals surface area contributed by atoms with Crippen LogP contribution in [0.25, 0.3) is 0 Å². The topological polar surface area (TPSA) is 53.1 Å². The quantitative estimate of drug-likeness (QED) is 0.813. The molecular weight excluding hydrogens is 214 g/mol. The van der Waals surface area contributed by atoms with Crippen molar-refractivity contribution < 1.29 is 0 Å². The van der Waals surface area contributed by atoms with Crippen LogP contribution in [0.15, 0.2) is 0 Å². The van der Waals surface area contributed by atoms with Gasteiger partial charge in [0.05, 0.1) is 0 Å². The molecule has 0 amide bonds. The van der Waals surface area contributed by atoms with Gasteiger partial charge in [-0.15, -0.1) is 0 Å². The average Bonchev–Trinajstić information content (AvgIpc) is 2.29. The van der Waals surface area contributed by atoms with Crippen molar-refractivity contribution in [1.82, 2.24) is 14.9 Å². The Morgan fingerprint density at radius 1 is 1.18 bits per heavy atom. The Bertz CT molecular complexity index is 375. The van der Waals surface area contributed by atoms with E-state index in [2.05, 4.69) is 46.5 Å². The van der Waals surface area contributed by atoms with Gasteiger partial charge in [0.15, 0.2) is 0 Å². The van der Waals surface area contributed by atoms with Gasteiger partial charge in [0.2, 0.25) is 0 Å². The van der Waals surface area contributed by atoms with Crippen molar-refractivity contribution >= 4 is 11.6 Å². The summed E-state index contributed by atoms with van der Waals surface area (Å²) in [5.41, 5.74) is 1.06. The van der Waals surface area contributed by atoms with Crippen LogP contribution in [0.5, 0.6) is 0 Å². The molecule has 0 fully saturated rings. The van der Waals surface area contributed by atoms with Crippen molar-refractivity contribution in [1.29, 1.82) is 0 Å². The average molecular weight is 237 g/mol. The molecule has 1 rings (SSSR count). The zero-order valence-electron chi connectivity index (χ0n) is 11.6. The summed E-state index contributed by atoms with van der Waals surface area (Å²) in [5.74, 6) is 2.58. The zero-order chi connectivity index (χ0) is 13.0. The maximum Gasteiger partial charge on any atom is 0.134 e. The van der Waals surface area contributed by atoms with Gasteiger partial charge in [0, 0.05) is 25.2 Å². The van der Waals surface area contributed by atoms with Crippen LogP contribution in [0, 0.1) is 13.8 Å². The fourth-order valence-electron chi connectivity index (χ4n) is 1.47. The molecule has 0 spiro atoms. The second-order valence-electron chi connectivity index (χ2n) is 4.54. The normalized spacial score (nSPS) is 12.6. The lowest BCUT2D eigenvalue weighted by Gasteiger charge is -2.21.